The summed E-state index contributed by atoms with van der Waals surface area (Å²) in [5.41, 5.74) is 8.35. The van der Waals surface area contributed by atoms with Crippen molar-refractivity contribution < 1.29 is 13.6 Å². The molecule has 4 rings (SSSR count). The number of aromatic nitrogens is 3. The Kier molecular flexibility index (Phi) is 7.96. The van der Waals surface area contributed by atoms with Crippen molar-refractivity contribution in [3.05, 3.63) is 58.5 Å². The molecule has 2 heterocycles. The molecular formula is C24H28ClN6O4S-. The molecule has 12 heteroatoms. The minimum Gasteiger partial charge on any atom is -0.733 e. The monoisotopic (exact) mass is 531 g/mol. The molecule has 0 saturated heterocycles. The number of nitrogens with two attached hydrogens (primary N) is 1. The lowest BCUT2D eigenvalue weighted by atomic mass is 10.2. The highest BCUT2D eigenvalue weighted by atomic mass is 35.5. The van der Waals surface area contributed by atoms with Gasteiger partial charge in [-0.25, -0.2) is 23.1 Å². The SMILES string of the molecule is CCCCc1nc2c(N)nc3ccccc3c2n1CCCCNS(=O)(=O)c1ccc(Cl)c(N([O-])O)c1. The van der Waals surface area contributed by atoms with Gasteiger partial charge in [0.1, 0.15) is 11.3 Å². The fourth-order valence-corrected chi connectivity index (χ4v) is 5.45. The summed E-state index contributed by atoms with van der Waals surface area (Å²) in [6, 6.07) is 11.4. The van der Waals surface area contributed by atoms with E-state index in [0.717, 1.165) is 47.6 Å². The topological polar surface area (TPSA) is 149 Å². The number of hydrogen-bond acceptors (Lipinski definition) is 8. The maximum atomic E-state index is 12.6. The predicted molar refractivity (Wildman–Crippen MR) is 142 cm³/mol. The molecule has 0 radical (unpaired) electrons. The summed E-state index contributed by atoms with van der Waals surface area (Å²) in [7, 11) is -3.89. The van der Waals surface area contributed by atoms with E-state index in [1.54, 1.807) is 0 Å². The average Bonchev–Trinajstić information content (AvgIpc) is 3.21. The summed E-state index contributed by atoms with van der Waals surface area (Å²) >= 11 is 5.83. The summed E-state index contributed by atoms with van der Waals surface area (Å²) in [5.74, 6) is 1.34. The van der Waals surface area contributed by atoms with E-state index >= 15 is 0 Å². The molecule has 0 amide bonds. The number of rotatable bonds is 11. The van der Waals surface area contributed by atoms with Crippen LogP contribution in [0.2, 0.25) is 5.02 Å². The third-order valence-corrected chi connectivity index (χ3v) is 7.76. The number of benzene rings is 2. The molecule has 0 saturated carbocycles. The van der Waals surface area contributed by atoms with Crippen LogP contribution in [0.3, 0.4) is 0 Å². The van der Waals surface area contributed by atoms with Crippen LogP contribution < -0.4 is 15.7 Å². The number of para-hydroxylation sites is 1. The zero-order valence-corrected chi connectivity index (χ0v) is 21.4. The molecule has 2 aromatic heterocycles. The van der Waals surface area contributed by atoms with Gasteiger partial charge in [-0.2, -0.15) is 0 Å². The minimum atomic E-state index is -3.89. The van der Waals surface area contributed by atoms with Gasteiger partial charge in [0, 0.05) is 24.9 Å². The largest absolute Gasteiger partial charge is 0.733 e. The van der Waals surface area contributed by atoms with Crippen molar-refractivity contribution in [2.75, 3.05) is 17.5 Å². The molecule has 0 fully saturated rings. The maximum Gasteiger partial charge on any atom is 0.240 e. The number of fused-ring (bicyclic) bond motifs is 3. The highest BCUT2D eigenvalue weighted by Gasteiger charge is 2.18. The van der Waals surface area contributed by atoms with Crippen molar-refractivity contribution in [2.24, 2.45) is 0 Å². The number of imidazole rings is 1. The molecule has 0 unspecified atom stereocenters. The smallest absolute Gasteiger partial charge is 0.240 e. The Hall–Kier alpha value is -2.96. The quantitative estimate of drug-likeness (QED) is 0.187. The van der Waals surface area contributed by atoms with Crippen molar-refractivity contribution >= 4 is 55.1 Å². The fourth-order valence-electron chi connectivity index (χ4n) is 4.16. The number of anilines is 2. The van der Waals surface area contributed by atoms with Crippen molar-refractivity contribution in [3.8, 4) is 0 Å². The zero-order chi connectivity index (χ0) is 25.9. The first kappa shape index (κ1) is 26.1. The van der Waals surface area contributed by atoms with E-state index in [1.807, 2.05) is 24.3 Å². The standard InChI is InChI=1S/C24H28ClN6O4S/c1-2-3-10-21-29-22-23(17-8-4-5-9-19(17)28-24(22)26)30(21)14-7-6-13-27-36(34,35)16-11-12-18(25)20(15-16)31(32)33/h4-5,8-9,11-12,15,27,32H,2-3,6-7,10,13-14H2,1H3,(H2,26,28)/q-1. The van der Waals surface area contributed by atoms with E-state index < -0.39 is 15.2 Å². The second kappa shape index (κ2) is 11.0. The van der Waals surface area contributed by atoms with Crippen LogP contribution in [-0.4, -0.2) is 34.7 Å². The van der Waals surface area contributed by atoms with Gasteiger partial charge in [-0.15, -0.1) is 0 Å². The summed E-state index contributed by atoms with van der Waals surface area (Å²) < 4.78 is 30.0. The molecule has 0 aliphatic rings. The van der Waals surface area contributed by atoms with E-state index in [9.17, 15) is 13.6 Å². The summed E-state index contributed by atoms with van der Waals surface area (Å²) in [6.07, 6.45) is 4.10. The lowest BCUT2D eigenvalue weighted by Gasteiger charge is -2.23. The maximum absolute atomic E-state index is 12.6. The molecular weight excluding hydrogens is 504 g/mol. The molecule has 4 aromatic rings. The van der Waals surface area contributed by atoms with E-state index in [0.29, 0.717) is 30.7 Å². The van der Waals surface area contributed by atoms with Gasteiger partial charge >= 0.3 is 0 Å². The molecule has 0 spiro atoms. The Morgan fingerprint density at radius 1 is 1.17 bits per heavy atom. The molecule has 10 nitrogen and oxygen atoms in total. The van der Waals surface area contributed by atoms with E-state index in [1.165, 1.54) is 12.1 Å². The molecule has 4 N–H and O–H groups in total. The first-order valence-corrected chi connectivity index (χ1v) is 13.6. The molecule has 192 valence electrons. The van der Waals surface area contributed by atoms with Crippen molar-refractivity contribution in [1.29, 1.82) is 0 Å². The van der Waals surface area contributed by atoms with Gasteiger partial charge in [0.2, 0.25) is 10.0 Å². The van der Waals surface area contributed by atoms with Crippen LogP contribution >= 0.6 is 11.6 Å². The highest BCUT2D eigenvalue weighted by molar-refractivity contribution is 7.89. The fraction of sp³-hybridized carbons (Fsp3) is 0.333. The molecule has 0 aliphatic carbocycles. The number of hydrogen-bond donors (Lipinski definition) is 3. The third-order valence-electron chi connectivity index (χ3n) is 5.98. The van der Waals surface area contributed by atoms with Crippen LogP contribution in [0.4, 0.5) is 11.5 Å². The zero-order valence-electron chi connectivity index (χ0n) is 19.8. The van der Waals surface area contributed by atoms with Gasteiger partial charge in [-0.1, -0.05) is 43.1 Å². The molecule has 0 bridgehead atoms. The van der Waals surface area contributed by atoms with Crippen molar-refractivity contribution in [2.45, 2.75) is 50.5 Å². The lowest BCUT2D eigenvalue weighted by Crippen LogP contribution is -2.25. The summed E-state index contributed by atoms with van der Waals surface area (Å²) in [6.45, 7) is 2.97. The number of aryl methyl sites for hydroxylation is 2. The highest BCUT2D eigenvalue weighted by Crippen LogP contribution is 2.30. The first-order valence-electron chi connectivity index (χ1n) is 11.7. The predicted octanol–water partition coefficient (Wildman–Crippen LogP) is 4.61. The Bertz CT molecular complexity index is 1490. The second-order valence-corrected chi connectivity index (χ2v) is 10.7. The van der Waals surface area contributed by atoms with Gasteiger partial charge < -0.3 is 20.7 Å². The number of pyridine rings is 1. The van der Waals surface area contributed by atoms with Crippen LogP contribution in [0.1, 0.15) is 38.4 Å². The normalized spacial score (nSPS) is 12.0. The number of nitrogens with one attached hydrogen (secondary N) is 1. The van der Waals surface area contributed by atoms with E-state index in [-0.39, 0.29) is 22.2 Å². The van der Waals surface area contributed by atoms with E-state index in [2.05, 4.69) is 21.2 Å². The Balaban J connectivity index is 1.49. The Morgan fingerprint density at radius 3 is 2.69 bits per heavy atom. The number of nitrogens with zero attached hydrogens (tertiary/aromatic N) is 4. The number of unbranched alkanes of at least 4 members (excludes halogenated alkanes) is 2. The number of halogens is 1. The molecule has 0 aliphatic heterocycles. The van der Waals surface area contributed by atoms with Gasteiger partial charge in [0.25, 0.3) is 0 Å². The summed E-state index contributed by atoms with van der Waals surface area (Å²) in [4.78, 5) is 9.16. The van der Waals surface area contributed by atoms with Gasteiger partial charge in [0.05, 0.1) is 26.6 Å². The number of nitrogen functional groups attached to an aromatic ring is 1. The summed E-state index contributed by atoms with van der Waals surface area (Å²) in [5, 5.41) is 20.8. The molecule has 0 atom stereocenters. The van der Waals surface area contributed by atoms with Gasteiger partial charge in [-0.05, 0) is 43.5 Å². The number of sulfonamides is 1. The van der Waals surface area contributed by atoms with Gasteiger partial charge in [0.15, 0.2) is 5.82 Å². The van der Waals surface area contributed by atoms with Crippen LogP contribution in [0.5, 0.6) is 0 Å². The van der Waals surface area contributed by atoms with Crippen LogP contribution in [-0.2, 0) is 23.0 Å². The lowest BCUT2D eigenvalue weighted by molar-refractivity contribution is 0.296. The van der Waals surface area contributed by atoms with Gasteiger partial charge in [-0.3, -0.25) is 5.21 Å². The first-order chi connectivity index (χ1) is 17.2. The Labute approximate surface area is 214 Å². The van der Waals surface area contributed by atoms with Crippen molar-refractivity contribution in [1.82, 2.24) is 19.3 Å². The third kappa shape index (κ3) is 5.40. The second-order valence-electron chi connectivity index (χ2n) is 8.49. The average molecular weight is 532 g/mol. The van der Waals surface area contributed by atoms with Crippen LogP contribution in [0, 0.1) is 5.21 Å². The van der Waals surface area contributed by atoms with Crippen molar-refractivity contribution in [3.63, 3.8) is 0 Å². The molecule has 36 heavy (non-hydrogen) atoms. The Morgan fingerprint density at radius 2 is 1.94 bits per heavy atom. The van der Waals surface area contributed by atoms with E-state index in [4.69, 9.17) is 27.5 Å². The van der Waals surface area contributed by atoms with Crippen LogP contribution in [0.15, 0.2) is 47.4 Å². The molecule has 2 aromatic carbocycles. The van der Waals surface area contributed by atoms with Crippen LogP contribution in [0.25, 0.3) is 21.9 Å². The minimum absolute atomic E-state index is 0.0544.